The van der Waals surface area contributed by atoms with Gasteiger partial charge in [-0.25, -0.2) is 0 Å². The van der Waals surface area contributed by atoms with Gasteiger partial charge in [-0.3, -0.25) is 4.79 Å². The molecule has 3 unspecified atom stereocenters. The second-order valence-electron chi connectivity index (χ2n) is 8.49. The average Bonchev–Trinajstić information content (AvgIpc) is 3.05. The lowest BCUT2D eigenvalue weighted by atomic mass is 9.46. The minimum atomic E-state index is -0.532. The summed E-state index contributed by atoms with van der Waals surface area (Å²) in [7, 11) is 0. The van der Waals surface area contributed by atoms with Gasteiger partial charge in [0.2, 0.25) is 5.91 Å². The molecule has 21 heavy (non-hydrogen) atoms. The van der Waals surface area contributed by atoms with Crippen LogP contribution in [0.5, 0.6) is 0 Å². The van der Waals surface area contributed by atoms with Crippen molar-refractivity contribution in [3.63, 3.8) is 0 Å². The lowest BCUT2D eigenvalue weighted by Crippen LogP contribution is -2.64. The third kappa shape index (κ3) is 1.66. The fourth-order valence-corrected chi connectivity index (χ4v) is 6.40. The summed E-state index contributed by atoms with van der Waals surface area (Å²) in [5.41, 5.74) is 7.26. The van der Waals surface area contributed by atoms with Crippen LogP contribution in [0.3, 0.4) is 0 Å². The van der Waals surface area contributed by atoms with Crippen molar-refractivity contribution >= 4 is 5.91 Å². The fourth-order valence-electron chi connectivity index (χ4n) is 6.40. The third-order valence-corrected chi connectivity index (χ3v) is 6.90. The second kappa shape index (κ2) is 3.72. The van der Waals surface area contributed by atoms with E-state index < -0.39 is 11.6 Å². The zero-order valence-corrected chi connectivity index (χ0v) is 12.4. The molecule has 1 saturated heterocycles. The van der Waals surface area contributed by atoms with Crippen LogP contribution in [0.15, 0.2) is 11.6 Å². The Bertz CT molecular complexity index is 541. The first kappa shape index (κ1) is 12.7. The van der Waals surface area contributed by atoms with Crippen molar-refractivity contribution in [2.24, 2.45) is 23.0 Å². The molecule has 0 spiro atoms. The summed E-state index contributed by atoms with van der Waals surface area (Å²) >= 11 is 0. The van der Waals surface area contributed by atoms with Crippen molar-refractivity contribution in [2.75, 3.05) is 6.54 Å². The predicted molar refractivity (Wildman–Crippen MR) is 78.2 cm³/mol. The molecule has 114 valence electrons. The number of rotatable bonds is 2. The van der Waals surface area contributed by atoms with Gasteiger partial charge in [0.15, 0.2) is 0 Å². The fraction of sp³-hybridized carbons (Fsp3) is 0.824. The lowest BCUT2D eigenvalue weighted by Gasteiger charge is -2.61. The number of amides is 1. The first-order valence-electron chi connectivity index (χ1n) is 8.47. The number of carbonyl (C=O) groups is 1. The number of aliphatic hydroxyl groups is 1. The Morgan fingerprint density at radius 2 is 2.05 bits per heavy atom. The Morgan fingerprint density at radius 1 is 1.33 bits per heavy atom. The van der Waals surface area contributed by atoms with Gasteiger partial charge in [-0.05, 0) is 67.8 Å². The molecule has 0 radical (unpaired) electrons. The van der Waals surface area contributed by atoms with E-state index in [4.69, 9.17) is 5.73 Å². The number of nitrogens with zero attached hydrogens (tertiary/aromatic N) is 1. The summed E-state index contributed by atoms with van der Waals surface area (Å²) < 4.78 is 0. The van der Waals surface area contributed by atoms with E-state index >= 15 is 0 Å². The smallest absolute Gasteiger partial charge is 0.240 e. The van der Waals surface area contributed by atoms with E-state index in [1.807, 2.05) is 4.90 Å². The summed E-state index contributed by atoms with van der Waals surface area (Å²) in [5.74, 6) is 1.31. The highest BCUT2D eigenvalue weighted by Crippen LogP contribution is 2.62. The molecule has 6 rings (SSSR count). The summed E-state index contributed by atoms with van der Waals surface area (Å²) in [6.45, 7) is 0.843. The maximum atomic E-state index is 12.9. The van der Waals surface area contributed by atoms with Crippen molar-refractivity contribution in [1.82, 2.24) is 4.90 Å². The van der Waals surface area contributed by atoms with Gasteiger partial charge in [0.25, 0.3) is 0 Å². The molecule has 0 aromatic heterocycles. The van der Waals surface area contributed by atoms with Gasteiger partial charge < -0.3 is 15.7 Å². The summed E-state index contributed by atoms with van der Waals surface area (Å²) in [4.78, 5) is 14.9. The molecular formula is C17H24N2O2. The van der Waals surface area contributed by atoms with Gasteiger partial charge in [0.1, 0.15) is 0 Å². The summed E-state index contributed by atoms with van der Waals surface area (Å²) in [5, 5.41) is 10.8. The molecule has 1 aliphatic heterocycles. The monoisotopic (exact) mass is 288 g/mol. The molecule has 3 N–H and O–H groups in total. The van der Waals surface area contributed by atoms with E-state index in [0.717, 1.165) is 45.1 Å². The van der Waals surface area contributed by atoms with E-state index in [2.05, 4.69) is 6.08 Å². The molecule has 1 heterocycles. The first-order chi connectivity index (χ1) is 9.98. The molecule has 4 atom stereocenters. The number of hydrogen-bond acceptors (Lipinski definition) is 3. The Morgan fingerprint density at radius 3 is 2.57 bits per heavy atom. The van der Waals surface area contributed by atoms with Crippen molar-refractivity contribution in [1.29, 1.82) is 0 Å². The van der Waals surface area contributed by atoms with Crippen LogP contribution in [-0.2, 0) is 4.79 Å². The normalized spacial score (nSPS) is 50.9. The molecule has 4 bridgehead atoms. The first-order valence-corrected chi connectivity index (χ1v) is 8.47. The van der Waals surface area contributed by atoms with E-state index in [0.29, 0.717) is 17.9 Å². The molecule has 6 aliphatic rings. The summed E-state index contributed by atoms with van der Waals surface area (Å²) in [6, 6.07) is -0.121. The minimum absolute atomic E-state index is 0.131. The molecule has 4 heteroatoms. The molecule has 0 aromatic rings. The summed E-state index contributed by atoms with van der Waals surface area (Å²) in [6.07, 6.45) is 9.18. The van der Waals surface area contributed by atoms with Crippen molar-refractivity contribution in [3.05, 3.63) is 11.6 Å². The number of fused-ring (bicyclic) bond motifs is 1. The molecule has 1 amide bonds. The number of likely N-dealkylation sites (tertiary alicyclic amines) is 1. The van der Waals surface area contributed by atoms with Crippen molar-refractivity contribution in [2.45, 2.75) is 62.6 Å². The standard InChI is InChI=1S/C17H24N2O2/c18-14(15(20)19-2-1-12-4-13(12)19)16-5-10-3-11(6-16)8-17(21,7-10)9-16/h4,10-11,13-14,21H,1-3,5-9,18H2/t10?,11?,13?,14-,16?,17?/m1/s1. The maximum Gasteiger partial charge on any atom is 0.240 e. The second-order valence-corrected chi connectivity index (χ2v) is 8.49. The Labute approximate surface area is 125 Å². The predicted octanol–water partition coefficient (Wildman–Crippen LogP) is 1.19. The minimum Gasteiger partial charge on any atom is -0.390 e. The Balaban J connectivity index is 1.42. The number of hydrogen-bond donors (Lipinski definition) is 2. The van der Waals surface area contributed by atoms with Crippen molar-refractivity contribution in [3.8, 4) is 0 Å². The number of nitrogens with two attached hydrogens (primary N) is 1. The van der Waals surface area contributed by atoms with Gasteiger partial charge in [0, 0.05) is 6.54 Å². The van der Waals surface area contributed by atoms with Gasteiger partial charge in [-0.1, -0.05) is 6.08 Å². The van der Waals surface area contributed by atoms with Crippen LogP contribution < -0.4 is 5.73 Å². The molecule has 5 fully saturated rings. The topological polar surface area (TPSA) is 66.6 Å². The lowest BCUT2D eigenvalue weighted by molar-refractivity contribution is -0.177. The van der Waals surface area contributed by atoms with Gasteiger partial charge >= 0.3 is 0 Å². The largest absolute Gasteiger partial charge is 0.390 e. The number of carbonyl (C=O) groups excluding carboxylic acids is 1. The van der Waals surface area contributed by atoms with Crippen LogP contribution in [0.2, 0.25) is 0 Å². The van der Waals surface area contributed by atoms with Crippen molar-refractivity contribution < 1.29 is 9.90 Å². The SMILES string of the molecule is N[C@H](C(=O)N1CCC2=CC21)C12CC3CC(CC(O)(C3)C1)C2. The molecule has 0 aromatic carbocycles. The van der Waals surface area contributed by atoms with Crippen LogP contribution in [0.4, 0.5) is 0 Å². The van der Waals surface area contributed by atoms with Gasteiger partial charge in [-0.2, -0.15) is 0 Å². The highest BCUT2D eigenvalue weighted by atomic mass is 16.3. The van der Waals surface area contributed by atoms with Crippen LogP contribution in [0.1, 0.15) is 44.9 Å². The van der Waals surface area contributed by atoms with Crippen LogP contribution in [-0.4, -0.2) is 40.1 Å². The quantitative estimate of drug-likeness (QED) is 0.750. The van der Waals surface area contributed by atoms with E-state index in [9.17, 15) is 9.90 Å². The highest BCUT2D eigenvalue weighted by Gasteiger charge is 2.61. The van der Waals surface area contributed by atoms with Crippen LogP contribution >= 0.6 is 0 Å². The van der Waals surface area contributed by atoms with E-state index in [-0.39, 0.29) is 11.3 Å². The Kier molecular flexibility index (Phi) is 2.24. The molecule has 4 saturated carbocycles. The zero-order valence-electron chi connectivity index (χ0n) is 12.4. The maximum absolute atomic E-state index is 12.9. The van der Waals surface area contributed by atoms with Crippen LogP contribution in [0.25, 0.3) is 0 Å². The zero-order chi connectivity index (χ0) is 14.4. The molecular weight excluding hydrogens is 264 g/mol. The van der Waals surface area contributed by atoms with Gasteiger partial charge in [-0.15, -0.1) is 0 Å². The van der Waals surface area contributed by atoms with Crippen LogP contribution in [0, 0.1) is 17.3 Å². The van der Waals surface area contributed by atoms with E-state index in [1.165, 1.54) is 12.0 Å². The highest BCUT2D eigenvalue weighted by molar-refractivity contribution is 5.85. The molecule has 5 aliphatic carbocycles. The van der Waals surface area contributed by atoms with E-state index in [1.54, 1.807) is 0 Å². The molecule has 4 nitrogen and oxygen atoms in total. The van der Waals surface area contributed by atoms with Gasteiger partial charge in [0.05, 0.1) is 17.7 Å². The average molecular weight is 288 g/mol. The third-order valence-electron chi connectivity index (χ3n) is 6.90. The Hall–Kier alpha value is -0.870.